The highest BCUT2D eigenvalue weighted by Gasteiger charge is 2.29. The Bertz CT molecular complexity index is 184. The van der Waals surface area contributed by atoms with Crippen LogP contribution < -0.4 is 0 Å². The molecular weight excluding hydrogens is 196 g/mol. The van der Waals surface area contributed by atoms with Gasteiger partial charge in [0.05, 0.1) is 0 Å². The summed E-state index contributed by atoms with van der Waals surface area (Å²) in [5.74, 6) is -0.424. The first kappa shape index (κ1) is 13.8. The standard InChI is InChI=1S/C11H22O2S/c1-6-7-8(2)9(10(12)13)14-11(3,4)5/h8-9H,6-7H2,1-5H3,(H,12,13). The van der Waals surface area contributed by atoms with Gasteiger partial charge in [-0.1, -0.05) is 41.0 Å². The fraction of sp³-hybridized carbons (Fsp3) is 0.909. The van der Waals surface area contributed by atoms with Crippen molar-refractivity contribution in [1.29, 1.82) is 0 Å². The summed E-state index contributed by atoms with van der Waals surface area (Å²) in [5, 5.41) is 8.84. The number of thioether (sulfide) groups is 1. The van der Waals surface area contributed by atoms with E-state index in [9.17, 15) is 4.79 Å². The maximum Gasteiger partial charge on any atom is 0.316 e. The summed E-state index contributed by atoms with van der Waals surface area (Å²) in [6, 6.07) is 0. The average Bonchev–Trinajstić information content (AvgIpc) is 1.98. The number of aliphatic carboxylic acids is 1. The lowest BCUT2D eigenvalue weighted by atomic mass is 10.0. The summed E-state index contributed by atoms with van der Waals surface area (Å²) in [4.78, 5) is 11.1. The number of hydrogen-bond acceptors (Lipinski definition) is 2. The van der Waals surface area contributed by atoms with Crippen LogP contribution in [0.15, 0.2) is 0 Å². The van der Waals surface area contributed by atoms with Crippen LogP contribution in [0, 0.1) is 5.92 Å². The lowest BCUT2D eigenvalue weighted by Crippen LogP contribution is -2.29. The van der Waals surface area contributed by atoms with Gasteiger partial charge in [0.1, 0.15) is 5.25 Å². The molecule has 0 rings (SSSR count). The van der Waals surface area contributed by atoms with E-state index >= 15 is 0 Å². The van der Waals surface area contributed by atoms with E-state index in [0.29, 0.717) is 0 Å². The Morgan fingerprint density at radius 3 is 2.21 bits per heavy atom. The minimum absolute atomic E-state index is 0.0189. The highest BCUT2D eigenvalue weighted by atomic mass is 32.2. The summed E-state index contributed by atoms with van der Waals surface area (Å²) in [5.41, 5.74) is 0. The van der Waals surface area contributed by atoms with Gasteiger partial charge in [0.25, 0.3) is 0 Å². The Labute approximate surface area is 91.5 Å². The van der Waals surface area contributed by atoms with Gasteiger partial charge in [0.15, 0.2) is 0 Å². The molecule has 0 aromatic carbocycles. The molecule has 0 saturated carbocycles. The third kappa shape index (κ3) is 5.53. The van der Waals surface area contributed by atoms with Gasteiger partial charge in [0.2, 0.25) is 0 Å². The first-order valence-electron chi connectivity index (χ1n) is 5.18. The molecule has 3 heteroatoms. The van der Waals surface area contributed by atoms with Crippen molar-refractivity contribution in [3.63, 3.8) is 0 Å². The second-order valence-corrected chi connectivity index (χ2v) is 6.72. The van der Waals surface area contributed by atoms with Crippen LogP contribution >= 0.6 is 11.8 Å². The topological polar surface area (TPSA) is 37.3 Å². The Kier molecular flexibility index (Phi) is 5.57. The van der Waals surface area contributed by atoms with Crippen LogP contribution in [0.1, 0.15) is 47.5 Å². The molecule has 2 nitrogen and oxygen atoms in total. The van der Waals surface area contributed by atoms with E-state index in [1.807, 2.05) is 6.92 Å². The lowest BCUT2D eigenvalue weighted by Gasteiger charge is -2.26. The first-order valence-corrected chi connectivity index (χ1v) is 6.06. The highest BCUT2D eigenvalue weighted by Crippen LogP contribution is 2.33. The minimum Gasteiger partial charge on any atom is -0.480 e. The third-order valence-corrected chi connectivity index (χ3v) is 3.61. The highest BCUT2D eigenvalue weighted by molar-refractivity contribution is 8.01. The molecule has 0 aromatic heterocycles. The van der Waals surface area contributed by atoms with Crippen LogP contribution in [0.3, 0.4) is 0 Å². The van der Waals surface area contributed by atoms with Gasteiger partial charge in [-0.15, -0.1) is 11.8 Å². The number of hydrogen-bond donors (Lipinski definition) is 1. The van der Waals surface area contributed by atoms with Crippen LogP contribution in [0.2, 0.25) is 0 Å². The number of rotatable bonds is 5. The lowest BCUT2D eigenvalue weighted by molar-refractivity contribution is -0.137. The van der Waals surface area contributed by atoms with Crippen LogP contribution in [0.4, 0.5) is 0 Å². The Hall–Kier alpha value is -0.180. The zero-order valence-electron chi connectivity index (χ0n) is 9.83. The molecule has 2 atom stereocenters. The van der Waals surface area contributed by atoms with Gasteiger partial charge in [-0.05, 0) is 12.3 Å². The van der Waals surface area contributed by atoms with Gasteiger partial charge in [0, 0.05) is 4.75 Å². The van der Waals surface area contributed by atoms with Gasteiger partial charge in [-0.2, -0.15) is 0 Å². The molecule has 0 fully saturated rings. The number of carbonyl (C=O) groups is 1. The molecular formula is C11H22O2S. The molecule has 2 unspecified atom stereocenters. The smallest absolute Gasteiger partial charge is 0.316 e. The van der Waals surface area contributed by atoms with Gasteiger partial charge < -0.3 is 5.11 Å². The van der Waals surface area contributed by atoms with E-state index in [0.717, 1.165) is 12.8 Å². The van der Waals surface area contributed by atoms with Crippen LogP contribution in [0.25, 0.3) is 0 Å². The fourth-order valence-electron chi connectivity index (χ4n) is 1.40. The van der Waals surface area contributed by atoms with Crippen LogP contribution in [0.5, 0.6) is 0 Å². The number of carboxylic acids is 1. The third-order valence-electron chi connectivity index (χ3n) is 1.98. The van der Waals surface area contributed by atoms with Crippen LogP contribution in [-0.4, -0.2) is 21.1 Å². The maximum atomic E-state index is 11.1. The van der Waals surface area contributed by atoms with Gasteiger partial charge in [-0.25, -0.2) is 0 Å². The number of carboxylic acid groups (broad SMARTS) is 1. The SMILES string of the molecule is CCCC(C)C(SC(C)(C)C)C(=O)O. The van der Waals surface area contributed by atoms with E-state index in [4.69, 9.17) is 5.11 Å². The zero-order chi connectivity index (χ0) is 11.4. The largest absolute Gasteiger partial charge is 0.480 e. The minimum atomic E-state index is -0.675. The molecule has 84 valence electrons. The quantitative estimate of drug-likeness (QED) is 0.768. The molecule has 0 bridgehead atoms. The monoisotopic (exact) mass is 218 g/mol. The summed E-state index contributed by atoms with van der Waals surface area (Å²) in [6.45, 7) is 10.3. The van der Waals surface area contributed by atoms with Crippen molar-refractivity contribution in [2.45, 2.75) is 57.5 Å². The van der Waals surface area contributed by atoms with E-state index in [2.05, 4.69) is 27.7 Å². The molecule has 0 saturated heterocycles. The van der Waals surface area contributed by atoms with Crippen molar-refractivity contribution >= 4 is 17.7 Å². The maximum absolute atomic E-state index is 11.1. The van der Waals surface area contributed by atoms with Crippen molar-refractivity contribution in [3.05, 3.63) is 0 Å². The normalized spacial score (nSPS) is 16.4. The molecule has 0 aromatic rings. The molecule has 0 amide bonds. The summed E-state index contributed by atoms with van der Waals surface area (Å²) < 4.78 is 0.0189. The molecule has 0 aliphatic heterocycles. The van der Waals surface area contributed by atoms with E-state index in [-0.39, 0.29) is 15.9 Å². The van der Waals surface area contributed by atoms with Crippen molar-refractivity contribution in [2.75, 3.05) is 0 Å². The second kappa shape index (κ2) is 5.64. The Morgan fingerprint density at radius 2 is 1.93 bits per heavy atom. The molecule has 0 radical (unpaired) electrons. The predicted molar refractivity (Wildman–Crippen MR) is 62.8 cm³/mol. The molecule has 0 heterocycles. The molecule has 0 spiro atoms. The second-order valence-electron chi connectivity index (χ2n) is 4.76. The van der Waals surface area contributed by atoms with E-state index in [1.165, 1.54) is 0 Å². The predicted octanol–water partition coefficient (Wildman–Crippen LogP) is 3.41. The molecule has 14 heavy (non-hydrogen) atoms. The van der Waals surface area contributed by atoms with Crippen molar-refractivity contribution in [1.82, 2.24) is 0 Å². The van der Waals surface area contributed by atoms with E-state index < -0.39 is 5.97 Å². The summed E-state index contributed by atoms with van der Waals surface area (Å²) in [7, 11) is 0. The van der Waals surface area contributed by atoms with Gasteiger partial charge in [-0.3, -0.25) is 4.79 Å². The van der Waals surface area contributed by atoms with Crippen LogP contribution in [-0.2, 0) is 4.79 Å². The Morgan fingerprint density at radius 1 is 1.43 bits per heavy atom. The van der Waals surface area contributed by atoms with Gasteiger partial charge >= 0.3 is 5.97 Å². The molecule has 0 aliphatic rings. The summed E-state index contributed by atoms with van der Waals surface area (Å²) >= 11 is 1.56. The fourth-order valence-corrected chi connectivity index (χ4v) is 2.63. The average molecular weight is 218 g/mol. The van der Waals surface area contributed by atoms with E-state index in [1.54, 1.807) is 11.8 Å². The Balaban J connectivity index is 4.37. The van der Waals surface area contributed by atoms with Crippen molar-refractivity contribution < 1.29 is 9.90 Å². The summed E-state index contributed by atoms with van der Waals surface area (Å²) in [6.07, 6.45) is 2.04. The zero-order valence-corrected chi connectivity index (χ0v) is 10.6. The van der Waals surface area contributed by atoms with Crippen molar-refractivity contribution in [2.24, 2.45) is 5.92 Å². The molecule has 1 N–H and O–H groups in total. The van der Waals surface area contributed by atoms with Crippen molar-refractivity contribution in [3.8, 4) is 0 Å². The molecule has 0 aliphatic carbocycles. The first-order chi connectivity index (χ1) is 6.28.